The van der Waals surface area contributed by atoms with Gasteiger partial charge in [0.25, 0.3) is 0 Å². The molecule has 3 aliphatic rings. The number of aliphatic hydroxyl groups is 2. The monoisotopic (exact) mass is 433 g/mol. The zero-order valence-corrected chi connectivity index (χ0v) is 17.5. The molecule has 0 radical (unpaired) electrons. The topological polar surface area (TPSA) is 97.2 Å². The minimum Gasteiger partial charge on any atom is -0.454 e. The van der Waals surface area contributed by atoms with Gasteiger partial charge >= 0.3 is 0 Å². The summed E-state index contributed by atoms with van der Waals surface area (Å²) in [5, 5.41) is 20.2. The molecule has 0 unspecified atom stereocenters. The molecule has 1 atom stereocenters. The van der Waals surface area contributed by atoms with E-state index >= 15 is 0 Å². The summed E-state index contributed by atoms with van der Waals surface area (Å²) in [6, 6.07) is 3.64. The fraction of sp³-hybridized carbons (Fsp3) is 0.524. The van der Waals surface area contributed by atoms with Crippen LogP contribution in [0.15, 0.2) is 12.1 Å². The van der Waals surface area contributed by atoms with Gasteiger partial charge < -0.3 is 29.3 Å². The number of aliphatic hydroxyl groups excluding tert-OH is 2. The summed E-state index contributed by atoms with van der Waals surface area (Å²) >= 11 is 6.55. The number of aromatic nitrogens is 2. The molecule has 2 fully saturated rings. The van der Waals surface area contributed by atoms with E-state index in [0.29, 0.717) is 52.3 Å². The maximum Gasteiger partial charge on any atom is 0.231 e. The van der Waals surface area contributed by atoms with Gasteiger partial charge in [0.05, 0.1) is 29.6 Å². The average molecular weight is 434 g/mol. The molecule has 3 aliphatic heterocycles. The Balaban J connectivity index is 1.44. The molecule has 2 N–H and O–H groups in total. The van der Waals surface area contributed by atoms with Crippen molar-refractivity contribution < 1.29 is 24.4 Å². The van der Waals surface area contributed by atoms with E-state index in [4.69, 9.17) is 35.8 Å². The van der Waals surface area contributed by atoms with Gasteiger partial charge in [-0.05, 0) is 31.9 Å². The number of halogens is 1. The molecule has 0 aliphatic carbocycles. The second kappa shape index (κ2) is 7.53. The van der Waals surface area contributed by atoms with E-state index in [1.54, 1.807) is 6.07 Å². The number of piperidine rings is 1. The predicted molar refractivity (Wildman–Crippen MR) is 110 cm³/mol. The van der Waals surface area contributed by atoms with Crippen LogP contribution in [0.3, 0.4) is 0 Å². The molecule has 5 rings (SSSR count). The van der Waals surface area contributed by atoms with E-state index in [2.05, 4.69) is 4.90 Å². The highest BCUT2D eigenvalue weighted by Crippen LogP contribution is 2.45. The zero-order valence-electron chi connectivity index (χ0n) is 16.7. The Labute approximate surface area is 179 Å². The van der Waals surface area contributed by atoms with Crippen LogP contribution >= 0.6 is 11.6 Å². The normalized spacial score (nSPS) is 22.1. The number of benzene rings is 1. The van der Waals surface area contributed by atoms with Crippen molar-refractivity contribution in [2.45, 2.75) is 39.1 Å². The summed E-state index contributed by atoms with van der Waals surface area (Å²) in [4.78, 5) is 11.7. The quantitative estimate of drug-likeness (QED) is 0.762. The lowest BCUT2D eigenvalue weighted by Crippen LogP contribution is -2.41. The fourth-order valence-corrected chi connectivity index (χ4v) is 4.88. The molecule has 1 aromatic carbocycles. The van der Waals surface area contributed by atoms with Gasteiger partial charge in [-0.25, -0.2) is 9.97 Å². The Morgan fingerprint density at radius 1 is 1.23 bits per heavy atom. The summed E-state index contributed by atoms with van der Waals surface area (Å²) in [5.41, 5.74) is 2.59. The summed E-state index contributed by atoms with van der Waals surface area (Å²) in [7, 11) is 0. The fourth-order valence-electron chi connectivity index (χ4n) is 4.58. The molecule has 1 spiro atoms. The lowest BCUT2D eigenvalue weighted by Gasteiger charge is -2.39. The third-order valence-electron chi connectivity index (χ3n) is 6.32. The van der Waals surface area contributed by atoms with Gasteiger partial charge in [0.2, 0.25) is 6.79 Å². The lowest BCUT2D eigenvalue weighted by molar-refractivity contribution is -0.0597. The molecule has 0 amide bonds. The van der Waals surface area contributed by atoms with Gasteiger partial charge in [-0.2, -0.15) is 0 Å². The van der Waals surface area contributed by atoms with E-state index in [9.17, 15) is 10.2 Å². The summed E-state index contributed by atoms with van der Waals surface area (Å²) in [5.74, 6) is 1.81. The Bertz CT molecular complexity index is 978. The van der Waals surface area contributed by atoms with E-state index in [1.807, 2.05) is 13.0 Å². The van der Waals surface area contributed by atoms with Gasteiger partial charge in [-0.15, -0.1) is 0 Å². The van der Waals surface area contributed by atoms with Crippen LogP contribution in [0, 0.1) is 12.3 Å². The van der Waals surface area contributed by atoms with Crippen LogP contribution in [0.25, 0.3) is 11.3 Å². The average Bonchev–Trinajstić information content (AvgIpc) is 3.37. The second-order valence-electron chi connectivity index (χ2n) is 8.20. The van der Waals surface area contributed by atoms with Gasteiger partial charge in [-0.1, -0.05) is 11.6 Å². The minimum atomic E-state index is -0.655. The van der Waals surface area contributed by atoms with Crippen molar-refractivity contribution in [3.63, 3.8) is 0 Å². The van der Waals surface area contributed by atoms with Crippen LogP contribution in [-0.2, 0) is 11.3 Å². The molecule has 0 saturated carbocycles. The summed E-state index contributed by atoms with van der Waals surface area (Å²) in [6.07, 6.45) is 1.84. The van der Waals surface area contributed by atoms with E-state index in [0.717, 1.165) is 31.6 Å². The SMILES string of the molecule is Cc1nc(N2CCC3(CC2)CO[C@@H](O)C3)c(CO)nc1-c1ccc2c(c1Cl)OCO2. The van der Waals surface area contributed by atoms with Crippen LogP contribution in [-0.4, -0.2) is 53.0 Å². The number of hydrogen-bond donors (Lipinski definition) is 2. The van der Waals surface area contributed by atoms with Crippen molar-refractivity contribution in [3.05, 3.63) is 28.5 Å². The molecule has 160 valence electrons. The molecule has 8 nitrogen and oxygen atoms in total. The minimum absolute atomic E-state index is 0.0394. The Morgan fingerprint density at radius 3 is 2.73 bits per heavy atom. The molecular formula is C21H24ClN3O5. The van der Waals surface area contributed by atoms with E-state index in [-0.39, 0.29) is 18.8 Å². The molecule has 0 bridgehead atoms. The highest BCUT2D eigenvalue weighted by Gasteiger charge is 2.42. The number of ether oxygens (including phenoxy) is 3. The van der Waals surface area contributed by atoms with Crippen LogP contribution in [0.4, 0.5) is 5.82 Å². The molecule has 9 heteroatoms. The van der Waals surface area contributed by atoms with Gasteiger partial charge in [0.1, 0.15) is 5.69 Å². The maximum atomic E-state index is 10.0. The summed E-state index contributed by atoms with van der Waals surface area (Å²) < 4.78 is 16.2. The van der Waals surface area contributed by atoms with Gasteiger partial charge in [0, 0.05) is 30.5 Å². The third-order valence-corrected chi connectivity index (χ3v) is 6.69. The first-order valence-corrected chi connectivity index (χ1v) is 10.5. The number of fused-ring (bicyclic) bond motifs is 1. The number of nitrogens with zero attached hydrogens (tertiary/aromatic N) is 3. The highest BCUT2D eigenvalue weighted by molar-refractivity contribution is 6.35. The van der Waals surface area contributed by atoms with E-state index in [1.165, 1.54) is 0 Å². The molecular weight excluding hydrogens is 410 g/mol. The lowest BCUT2D eigenvalue weighted by atomic mass is 9.77. The van der Waals surface area contributed by atoms with Crippen molar-refractivity contribution >= 4 is 17.4 Å². The standard InChI is InChI=1S/C21H24ClN3O5/c1-12-18(13-2-3-15-19(17(13)22)30-11-29-15)24-14(9-26)20(23-12)25-6-4-21(5-7-25)8-16(27)28-10-21/h2-3,16,26-27H,4-11H2,1H3/t16-/m1/s1. The first-order chi connectivity index (χ1) is 14.5. The predicted octanol–water partition coefficient (Wildman–Crippen LogP) is 2.65. The largest absolute Gasteiger partial charge is 0.454 e. The van der Waals surface area contributed by atoms with Gasteiger partial charge in [-0.3, -0.25) is 0 Å². The Hall–Kier alpha value is -2.13. The van der Waals surface area contributed by atoms with Crippen LogP contribution < -0.4 is 14.4 Å². The highest BCUT2D eigenvalue weighted by atomic mass is 35.5. The van der Waals surface area contributed by atoms with Crippen LogP contribution in [0.5, 0.6) is 11.5 Å². The first kappa shape index (κ1) is 19.8. The molecule has 1 aromatic heterocycles. The molecule has 2 aromatic rings. The van der Waals surface area contributed by atoms with Crippen molar-refractivity contribution in [3.8, 4) is 22.8 Å². The number of aryl methyl sites for hydroxylation is 1. The number of rotatable bonds is 3. The number of anilines is 1. The van der Waals surface area contributed by atoms with Crippen molar-refractivity contribution in [1.29, 1.82) is 0 Å². The molecule has 30 heavy (non-hydrogen) atoms. The van der Waals surface area contributed by atoms with Gasteiger partial charge in [0.15, 0.2) is 23.6 Å². The van der Waals surface area contributed by atoms with Crippen LogP contribution in [0.2, 0.25) is 5.02 Å². The first-order valence-electron chi connectivity index (χ1n) is 10.1. The van der Waals surface area contributed by atoms with Crippen molar-refractivity contribution in [1.82, 2.24) is 9.97 Å². The van der Waals surface area contributed by atoms with Crippen molar-refractivity contribution in [2.75, 3.05) is 31.4 Å². The maximum absolute atomic E-state index is 10.0. The summed E-state index contributed by atoms with van der Waals surface area (Å²) in [6.45, 7) is 3.97. The Kier molecular flexibility index (Phi) is 4.97. The van der Waals surface area contributed by atoms with E-state index < -0.39 is 6.29 Å². The number of hydrogen-bond acceptors (Lipinski definition) is 8. The van der Waals surface area contributed by atoms with Crippen LogP contribution in [0.1, 0.15) is 30.7 Å². The third kappa shape index (κ3) is 3.28. The van der Waals surface area contributed by atoms with Crippen molar-refractivity contribution in [2.24, 2.45) is 5.41 Å². The molecule has 2 saturated heterocycles. The second-order valence-corrected chi connectivity index (χ2v) is 8.58. The smallest absolute Gasteiger partial charge is 0.231 e. The molecule has 4 heterocycles. The Morgan fingerprint density at radius 2 is 2.03 bits per heavy atom. The zero-order chi connectivity index (χ0) is 20.9.